The van der Waals surface area contributed by atoms with Crippen molar-refractivity contribution in [1.29, 1.82) is 0 Å². The van der Waals surface area contributed by atoms with Crippen molar-refractivity contribution < 1.29 is 5.11 Å². The largest absolute Gasteiger partial charge is 0.508 e. The van der Waals surface area contributed by atoms with Crippen molar-refractivity contribution in [3.8, 4) is 16.9 Å². The van der Waals surface area contributed by atoms with Crippen LogP contribution in [0.25, 0.3) is 11.1 Å². The summed E-state index contributed by atoms with van der Waals surface area (Å²) in [6.07, 6.45) is 0. The molecule has 0 saturated carbocycles. The standard InChI is InChI=1S/C19H16N2O2/c22-19-11-10-18(21-23)12-16(19)13-20-17-8-6-15(7-9-17)14-4-2-1-3-5-14/h1-12,20,22H,13H2. The molecule has 0 amide bonds. The van der Waals surface area contributed by atoms with Crippen LogP contribution in [0.5, 0.6) is 5.75 Å². The van der Waals surface area contributed by atoms with E-state index < -0.39 is 0 Å². The summed E-state index contributed by atoms with van der Waals surface area (Å²) in [6, 6.07) is 22.8. The number of hydrogen-bond donors (Lipinski definition) is 2. The second-order valence-electron chi connectivity index (χ2n) is 5.20. The van der Waals surface area contributed by atoms with Gasteiger partial charge in [0.05, 0.1) is 0 Å². The minimum Gasteiger partial charge on any atom is -0.508 e. The van der Waals surface area contributed by atoms with E-state index in [1.807, 2.05) is 42.5 Å². The molecule has 4 nitrogen and oxygen atoms in total. The number of benzene rings is 3. The number of phenolic OH excluding ortho intramolecular Hbond substituents is 1. The highest BCUT2D eigenvalue weighted by Gasteiger charge is 2.04. The third-order valence-electron chi connectivity index (χ3n) is 3.64. The molecule has 3 rings (SSSR count). The van der Waals surface area contributed by atoms with E-state index in [0.29, 0.717) is 17.8 Å². The summed E-state index contributed by atoms with van der Waals surface area (Å²) in [5.41, 5.74) is 4.19. The van der Waals surface area contributed by atoms with E-state index in [0.717, 1.165) is 11.3 Å². The molecular formula is C19H16N2O2. The van der Waals surface area contributed by atoms with Crippen molar-refractivity contribution >= 4 is 11.4 Å². The lowest BCUT2D eigenvalue weighted by atomic mass is 10.1. The average Bonchev–Trinajstić information content (AvgIpc) is 2.62. The number of hydrogen-bond acceptors (Lipinski definition) is 4. The van der Waals surface area contributed by atoms with Crippen molar-refractivity contribution in [3.05, 3.63) is 83.3 Å². The predicted molar refractivity (Wildman–Crippen MR) is 92.8 cm³/mol. The number of anilines is 1. The second kappa shape index (κ2) is 6.75. The lowest BCUT2D eigenvalue weighted by molar-refractivity contribution is 0.469. The van der Waals surface area contributed by atoms with Gasteiger partial charge in [-0.15, -0.1) is 4.91 Å². The molecule has 3 aromatic rings. The Morgan fingerprint density at radius 1 is 0.870 bits per heavy atom. The second-order valence-corrected chi connectivity index (χ2v) is 5.20. The van der Waals surface area contributed by atoms with Gasteiger partial charge in [-0.2, -0.15) is 0 Å². The molecule has 23 heavy (non-hydrogen) atoms. The van der Waals surface area contributed by atoms with E-state index in [1.165, 1.54) is 17.7 Å². The molecule has 114 valence electrons. The SMILES string of the molecule is O=Nc1ccc(O)c(CNc2ccc(-c3ccccc3)cc2)c1. The van der Waals surface area contributed by atoms with Crippen LogP contribution in [0, 0.1) is 4.91 Å². The zero-order valence-electron chi connectivity index (χ0n) is 12.4. The van der Waals surface area contributed by atoms with Crippen LogP contribution in [-0.2, 0) is 6.54 Å². The quantitative estimate of drug-likeness (QED) is 0.647. The molecule has 0 spiro atoms. The van der Waals surface area contributed by atoms with Gasteiger partial charge in [0, 0.05) is 17.8 Å². The van der Waals surface area contributed by atoms with Crippen LogP contribution in [0.2, 0.25) is 0 Å². The normalized spacial score (nSPS) is 10.3. The number of aromatic hydroxyl groups is 1. The average molecular weight is 304 g/mol. The van der Waals surface area contributed by atoms with Gasteiger partial charge in [-0.3, -0.25) is 0 Å². The fourth-order valence-electron chi connectivity index (χ4n) is 2.38. The minimum atomic E-state index is 0.144. The van der Waals surface area contributed by atoms with Gasteiger partial charge in [0.1, 0.15) is 11.4 Å². The van der Waals surface area contributed by atoms with E-state index in [9.17, 15) is 10.0 Å². The first-order valence-electron chi connectivity index (χ1n) is 7.31. The molecule has 4 heteroatoms. The van der Waals surface area contributed by atoms with Gasteiger partial charge in [0.15, 0.2) is 0 Å². The highest BCUT2D eigenvalue weighted by Crippen LogP contribution is 2.25. The zero-order valence-corrected chi connectivity index (χ0v) is 12.4. The maximum Gasteiger partial charge on any atom is 0.120 e. The van der Waals surface area contributed by atoms with E-state index in [-0.39, 0.29) is 5.75 Å². The van der Waals surface area contributed by atoms with Crippen LogP contribution in [0.1, 0.15) is 5.56 Å². The molecule has 0 radical (unpaired) electrons. The van der Waals surface area contributed by atoms with Crippen molar-refractivity contribution in [1.82, 2.24) is 0 Å². The van der Waals surface area contributed by atoms with Crippen molar-refractivity contribution in [2.24, 2.45) is 5.18 Å². The van der Waals surface area contributed by atoms with E-state index >= 15 is 0 Å². The van der Waals surface area contributed by atoms with Crippen LogP contribution in [0.15, 0.2) is 78.0 Å². The molecule has 0 heterocycles. The van der Waals surface area contributed by atoms with Crippen LogP contribution in [0.4, 0.5) is 11.4 Å². The smallest absolute Gasteiger partial charge is 0.120 e. The summed E-state index contributed by atoms with van der Waals surface area (Å²) in [4.78, 5) is 10.6. The summed E-state index contributed by atoms with van der Waals surface area (Å²) in [5.74, 6) is 0.144. The van der Waals surface area contributed by atoms with Crippen LogP contribution in [0.3, 0.4) is 0 Å². The predicted octanol–water partition coefficient (Wildman–Crippen LogP) is 5.07. The van der Waals surface area contributed by atoms with Gasteiger partial charge < -0.3 is 10.4 Å². The molecule has 0 bridgehead atoms. The molecule has 0 aromatic heterocycles. The Hall–Kier alpha value is -3.14. The summed E-state index contributed by atoms with van der Waals surface area (Å²) in [6.45, 7) is 0.417. The Morgan fingerprint density at radius 2 is 1.57 bits per heavy atom. The Kier molecular flexibility index (Phi) is 4.34. The molecule has 2 N–H and O–H groups in total. The molecule has 0 aliphatic carbocycles. The fourth-order valence-corrected chi connectivity index (χ4v) is 2.38. The van der Waals surface area contributed by atoms with E-state index in [1.54, 1.807) is 6.07 Å². The Morgan fingerprint density at radius 3 is 2.26 bits per heavy atom. The Bertz CT molecular complexity index is 799. The number of rotatable bonds is 5. The molecule has 0 unspecified atom stereocenters. The first-order chi connectivity index (χ1) is 11.3. The molecule has 0 fully saturated rings. The zero-order chi connectivity index (χ0) is 16.1. The fraction of sp³-hybridized carbons (Fsp3) is 0.0526. The van der Waals surface area contributed by atoms with Crippen molar-refractivity contribution in [3.63, 3.8) is 0 Å². The van der Waals surface area contributed by atoms with Gasteiger partial charge in [-0.1, -0.05) is 42.5 Å². The monoisotopic (exact) mass is 304 g/mol. The maximum atomic E-state index is 10.6. The first-order valence-corrected chi connectivity index (χ1v) is 7.31. The van der Waals surface area contributed by atoms with Gasteiger partial charge in [-0.25, -0.2) is 0 Å². The molecule has 0 atom stereocenters. The van der Waals surface area contributed by atoms with Crippen molar-refractivity contribution in [2.75, 3.05) is 5.32 Å². The lowest BCUT2D eigenvalue weighted by Gasteiger charge is -2.09. The number of nitroso groups, excluding NO2 is 1. The maximum absolute atomic E-state index is 10.6. The minimum absolute atomic E-state index is 0.144. The van der Waals surface area contributed by atoms with Gasteiger partial charge in [0.2, 0.25) is 0 Å². The van der Waals surface area contributed by atoms with Crippen LogP contribution in [-0.4, -0.2) is 5.11 Å². The van der Waals surface area contributed by atoms with E-state index in [2.05, 4.69) is 22.6 Å². The number of phenols is 1. The summed E-state index contributed by atoms with van der Waals surface area (Å²) in [7, 11) is 0. The third kappa shape index (κ3) is 3.55. The molecule has 0 aliphatic rings. The van der Waals surface area contributed by atoms with Gasteiger partial charge in [-0.05, 0) is 46.6 Å². The summed E-state index contributed by atoms with van der Waals surface area (Å²) >= 11 is 0. The first kappa shape index (κ1) is 14.8. The summed E-state index contributed by atoms with van der Waals surface area (Å²) in [5, 5.41) is 15.9. The molecular weight excluding hydrogens is 288 g/mol. The lowest BCUT2D eigenvalue weighted by Crippen LogP contribution is -1.99. The third-order valence-corrected chi connectivity index (χ3v) is 3.64. The topological polar surface area (TPSA) is 61.7 Å². The van der Waals surface area contributed by atoms with E-state index in [4.69, 9.17) is 0 Å². The Balaban J connectivity index is 1.71. The van der Waals surface area contributed by atoms with Crippen molar-refractivity contribution in [2.45, 2.75) is 6.54 Å². The molecule has 0 aliphatic heterocycles. The Labute approximate surface area is 134 Å². The highest BCUT2D eigenvalue weighted by molar-refractivity contribution is 5.66. The number of nitrogens with zero attached hydrogens (tertiary/aromatic N) is 1. The van der Waals surface area contributed by atoms with Gasteiger partial charge in [0.25, 0.3) is 0 Å². The van der Waals surface area contributed by atoms with Crippen LogP contribution >= 0.6 is 0 Å². The van der Waals surface area contributed by atoms with Gasteiger partial charge >= 0.3 is 0 Å². The molecule has 0 saturated heterocycles. The molecule has 3 aromatic carbocycles. The van der Waals surface area contributed by atoms with Crippen LogP contribution < -0.4 is 5.32 Å². The summed E-state index contributed by atoms with van der Waals surface area (Å²) < 4.78 is 0. The highest BCUT2D eigenvalue weighted by atomic mass is 16.3. The number of nitrogens with one attached hydrogen (secondary N) is 1.